The van der Waals surface area contributed by atoms with Crippen LogP contribution >= 0.6 is 0 Å². The predicted molar refractivity (Wildman–Crippen MR) is 96.8 cm³/mol. The molecular weight excluding hydrogens is 300 g/mol. The van der Waals surface area contributed by atoms with E-state index in [0.29, 0.717) is 29.1 Å². The zero-order chi connectivity index (χ0) is 17.4. The van der Waals surface area contributed by atoms with Gasteiger partial charge in [-0.1, -0.05) is 12.1 Å². The van der Waals surface area contributed by atoms with E-state index in [4.69, 9.17) is 4.74 Å². The Morgan fingerprint density at radius 1 is 0.708 bits per heavy atom. The van der Waals surface area contributed by atoms with E-state index in [1.165, 1.54) is 0 Å². The third-order valence-corrected chi connectivity index (χ3v) is 4.25. The summed E-state index contributed by atoms with van der Waals surface area (Å²) in [6, 6.07) is 7.71. The van der Waals surface area contributed by atoms with Crippen molar-refractivity contribution in [1.29, 1.82) is 0 Å². The fraction of sp³-hybridized carbons (Fsp3) is 0.238. The molecule has 0 amide bonds. The van der Waals surface area contributed by atoms with Crippen molar-refractivity contribution in [3.63, 3.8) is 0 Å². The van der Waals surface area contributed by atoms with Crippen LogP contribution in [0.15, 0.2) is 36.4 Å². The molecule has 0 atom stereocenters. The van der Waals surface area contributed by atoms with Crippen LogP contribution in [-0.2, 0) is 4.74 Å². The van der Waals surface area contributed by atoms with Crippen molar-refractivity contribution < 1.29 is 14.9 Å². The van der Waals surface area contributed by atoms with E-state index < -0.39 is 0 Å². The summed E-state index contributed by atoms with van der Waals surface area (Å²) in [6.07, 6.45) is 4.57. The van der Waals surface area contributed by atoms with Crippen LogP contribution in [0.1, 0.15) is 39.8 Å². The van der Waals surface area contributed by atoms with E-state index in [0.717, 1.165) is 22.3 Å². The fourth-order valence-corrected chi connectivity index (χ4v) is 3.10. The second-order valence-electron chi connectivity index (χ2n) is 6.43. The van der Waals surface area contributed by atoms with Crippen LogP contribution in [-0.4, -0.2) is 10.2 Å². The highest BCUT2D eigenvalue weighted by Crippen LogP contribution is 2.39. The van der Waals surface area contributed by atoms with Crippen molar-refractivity contribution in [3.8, 4) is 11.5 Å². The number of benzene rings is 2. The molecule has 2 N–H and O–H groups in total. The zero-order valence-corrected chi connectivity index (χ0v) is 14.5. The first-order valence-corrected chi connectivity index (χ1v) is 8.06. The van der Waals surface area contributed by atoms with Gasteiger partial charge in [0, 0.05) is 0 Å². The average molecular weight is 322 g/mol. The second-order valence-corrected chi connectivity index (χ2v) is 6.43. The van der Waals surface area contributed by atoms with Gasteiger partial charge in [0.05, 0.1) is 11.1 Å². The van der Waals surface area contributed by atoms with Crippen molar-refractivity contribution in [2.24, 2.45) is 0 Å². The second kappa shape index (κ2) is 6.08. The standard InChI is InChI=1S/C21H22O3/c1-12-8-14(3)20(22)16(10-12)18-6-5-7-19(24-18)17-11-13(2)9-15(4)21(17)23/h6-11,22-23H,5H2,1-4H3. The molecule has 1 aliphatic heterocycles. The summed E-state index contributed by atoms with van der Waals surface area (Å²) in [6.45, 7) is 7.74. The van der Waals surface area contributed by atoms with Gasteiger partial charge < -0.3 is 14.9 Å². The third-order valence-electron chi connectivity index (χ3n) is 4.25. The molecule has 1 aliphatic rings. The van der Waals surface area contributed by atoms with Gasteiger partial charge in [0.25, 0.3) is 0 Å². The van der Waals surface area contributed by atoms with Gasteiger partial charge in [0.15, 0.2) is 0 Å². The number of hydrogen-bond donors (Lipinski definition) is 2. The lowest BCUT2D eigenvalue weighted by Gasteiger charge is -2.20. The first-order chi connectivity index (χ1) is 11.4. The maximum atomic E-state index is 10.4. The van der Waals surface area contributed by atoms with E-state index in [2.05, 4.69) is 0 Å². The Morgan fingerprint density at radius 3 is 1.54 bits per heavy atom. The predicted octanol–water partition coefficient (Wildman–Crippen LogP) is 5.13. The minimum absolute atomic E-state index is 0.234. The highest BCUT2D eigenvalue weighted by molar-refractivity contribution is 5.78. The minimum atomic E-state index is 0.234. The van der Waals surface area contributed by atoms with E-state index >= 15 is 0 Å². The Morgan fingerprint density at radius 2 is 1.12 bits per heavy atom. The maximum absolute atomic E-state index is 10.4. The van der Waals surface area contributed by atoms with Gasteiger partial charge in [-0.2, -0.15) is 0 Å². The summed E-state index contributed by atoms with van der Waals surface area (Å²) in [5, 5.41) is 20.8. The van der Waals surface area contributed by atoms with Crippen molar-refractivity contribution in [1.82, 2.24) is 0 Å². The monoisotopic (exact) mass is 322 g/mol. The summed E-state index contributed by atoms with van der Waals surface area (Å²) < 4.78 is 6.04. The molecule has 0 aromatic heterocycles. The Kier molecular flexibility index (Phi) is 4.10. The molecule has 0 fully saturated rings. The molecule has 3 rings (SSSR count). The van der Waals surface area contributed by atoms with Crippen molar-refractivity contribution >= 4 is 11.5 Å². The molecule has 0 spiro atoms. The van der Waals surface area contributed by atoms with Crippen LogP contribution in [0.4, 0.5) is 0 Å². The van der Waals surface area contributed by atoms with Crippen LogP contribution in [0.3, 0.4) is 0 Å². The summed E-state index contributed by atoms with van der Waals surface area (Å²) in [7, 11) is 0. The topological polar surface area (TPSA) is 49.7 Å². The Bertz CT molecular complexity index is 802. The number of allylic oxidation sites excluding steroid dienone is 2. The first kappa shape index (κ1) is 16.2. The van der Waals surface area contributed by atoms with Gasteiger partial charge in [0.1, 0.15) is 23.0 Å². The maximum Gasteiger partial charge on any atom is 0.134 e. The van der Waals surface area contributed by atoms with Gasteiger partial charge in [-0.15, -0.1) is 0 Å². The van der Waals surface area contributed by atoms with Crippen LogP contribution in [0.25, 0.3) is 11.5 Å². The minimum Gasteiger partial charge on any atom is -0.507 e. The van der Waals surface area contributed by atoms with Crippen molar-refractivity contribution in [2.45, 2.75) is 34.1 Å². The SMILES string of the molecule is Cc1cc(C)c(O)c(C2=CCC=C(c3cc(C)cc(C)c3O)O2)c1. The molecule has 124 valence electrons. The lowest BCUT2D eigenvalue weighted by Crippen LogP contribution is -2.00. The third kappa shape index (κ3) is 2.90. The Hall–Kier alpha value is -2.68. The van der Waals surface area contributed by atoms with E-state index in [1.54, 1.807) is 0 Å². The van der Waals surface area contributed by atoms with Gasteiger partial charge in [0.2, 0.25) is 0 Å². The Balaban J connectivity index is 2.00. The van der Waals surface area contributed by atoms with E-state index in [9.17, 15) is 10.2 Å². The van der Waals surface area contributed by atoms with E-state index in [-0.39, 0.29) is 11.5 Å². The molecule has 2 aromatic carbocycles. The first-order valence-electron chi connectivity index (χ1n) is 8.06. The summed E-state index contributed by atoms with van der Waals surface area (Å²) in [5.74, 6) is 1.71. The number of aromatic hydroxyl groups is 2. The molecule has 0 saturated carbocycles. The molecule has 2 aromatic rings. The molecule has 0 unspecified atom stereocenters. The molecule has 0 saturated heterocycles. The molecule has 3 nitrogen and oxygen atoms in total. The number of hydrogen-bond acceptors (Lipinski definition) is 3. The molecule has 24 heavy (non-hydrogen) atoms. The molecule has 0 aliphatic carbocycles. The average Bonchev–Trinajstić information content (AvgIpc) is 2.54. The lowest BCUT2D eigenvalue weighted by atomic mass is 10.0. The lowest BCUT2D eigenvalue weighted by molar-refractivity contribution is 0.431. The highest BCUT2D eigenvalue weighted by Gasteiger charge is 2.19. The summed E-state index contributed by atoms with van der Waals surface area (Å²) in [5.41, 5.74) is 5.13. The highest BCUT2D eigenvalue weighted by atomic mass is 16.5. The number of aryl methyl sites for hydroxylation is 4. The van der Waals surface area contributed by atoms with Gasteiger partial charge >= 0.3 is 0 Å². The number of ether oxygens (including phenoxy) is 1. The van der Waals surface area contributed by atoms with Gasteiger partial charge in [-0.05, 0) is 80.7 Å². The molecule has 3 heteroatoms. The number of phenols is 2. The quantitative estimate of drug-likeness (QED) is 0.805. The largest absolute Gasteiger partial charge is 0.507 e. The Labute approximate surface area is 142 Å². The molecule has 0 radical (unpaired) electrons. The molecule has 0 bridgehead atoms. The molecular formula is C21H22O3. The van der Waals surface area contributed by atoms with E-state index in [1.807, 2.05) is 64.1 Å². The van der Waals surface area contributed by atoms with Crippen LogP contribution < -0.4 is 0 Å². The van der Waals surface area contributed by atoms with Crippen LogP contribution in [0, 0.1) is 27.7 Å². The molecule has 1 heterocycles. The smallest absolute Gasteiger partial charge is 0.134 e. The van der Waals surface area contributed by atoms with Gasteiger partial charge in [-0.3, -0.25) is 0 Å². The van der Waals surface area contributed by atoms with Crippen LogP contribution in [0.5, 0.6) is 11.5 Å². The number of phenolic OH excluding ortho intramolecular Hbond substituents is 2. The van der Waals surface area contributed by atoms with Crippen molar-refractivity contribution in [2.75, 3.05) is 0 Å². The van der Waals surface area contributed by atoms with Gasteiger partial charge in [-0.25, -0.2) is 0 Å². The summed E-state index contributed by atoms with van der Waals surface area (Å²) >= 11 is 0. The van der Waals surface area contributed by atoms with Crippen molar-refractivity contribution in [3.05, 3.63) is 69.8 Å². The normalized spacial score (nSPS) is 14.0. The van der Waals surface area contributed by atoms with Crippen LogP contribution in [0.2, 0.25) is 0 Å². The summed E-state index contributed by atoms with van der Waals surface area (Å²) in [4.78, 5) is 0. The number of rotatable bonds is 2. The zero-order valence-electron chi connectivity index (χ0n) is 14.5. The fourth-order valence-electron chi connectivity index (χ4n) is 3.10.